The number of carbonyl (C=O) groups is 1. The summed E-state index contributed by atoms with van der Waals surface area (Å²) in [5.74, 6) is -0.284. The van der Waals surface area contributed by atoms with Crippen molar-refractivity contribution in [3.63, 3.8) is 0 Å². The molecule has 0 N–H and O–H groups in total. The molecule has 1 atom stereocenters. The van der Waals surface area contributed by atoms with E-state index in [1.165, 1.54) is 30.9 Å². The molecular formula is C33H27F4O3P. The normalized spacial score (nSPS) is 20.6. The summed E-state index contributed by atoms with van der Waals surface area (Å²) in [7, 11) is 0. The van der Waals surface area contributed by atoms with Crippen molar-refractivity contribution in [2.24, 2.45) is 0 Å². The van der Waals surface area contributed by atoms with E-state index in [4.69, 9.17) is 9.26 Å². The van der Waals surface area contributed by atoms with Gasteiger partial charge in [-0.2, -0.15) is 0 Å². The minimum absolute atomic E-state index is 0.135. The molecule has 0 saturated heterocycles. The van der Waals surface area contributed by atoms with Crippen molar-refractivity contribution < 1.29 is 31.6 Å². The molecular weight excluding hydrogens is 551 g/mol. The summed E-state index contributed by atoms with van der Waals surface area (Å²) in [6, 6.07) is 31.1. The van der Waals surface area contributed by atoms with Crippen LogP contribution in [-0.2, 0) is 14.1 Å². The van der Waals surface area contributed by atoms with E-state index in [2.05, 4.69) is 0 Å². The van der Waals surface area contributed by atoms with Crippen LogP contribution in [0.2, 0.25) is 0 Å². The van der Waals surface area contributed by atoms with Crippen molar-refractivity contribution in [3.8, 4) is 0 Å². The number of hydrogen-bond donors (Lipinski definition) is 0. The van der Waals surface area contributed by atoms with E-state index in [-0.39, 0.29) is 6.61 Å². The molecule has 4 aromatic carbocycles. The number of ether oxygens (including phenoxy) is 1. The molecule has 0 fully saturated rings. The molecule has 0 spiro atoms. The molecule has 0 amide bonds. The van der Waals surface area contributed by atoms with Crippen LogP contribution in [0.5, 0.6) is 0 Å². The Morgan fingerprint density at radius 2 is 1.27 bits per heavy atom. The van der Waals surface area contributed by atoms with Gasteiger partial charge in [0.05, 0.1) is 0 Å². The Morgan fingerprint density at radius 3 is 1.68 bits per heavy atom. The molecule has 1 heterocycles. The van der Waals surface area contributed by atoms with Crippen LogP contribution in [0.1, 0.15) is 12.5 Å². The number of rotatable bonds is 7. The van der Waals surface area contributed by atoms with Gasteiger partial charge in [0, 0.05) is 0 Å². The van der Waals surface area contributed by atoms with Gasteiger partial charge in [-0.25, -0.2) is 0 Å². The Kier molecular flexibility index (Phi) is 7.45. The summed E-state index contributed by atoms with van der Waals surface area (Å²) < 4.78 is 72.4. The maximum absolute atomic E-state index is 15.6. The first-order valence-electron chi connectivity index (χ1n) is 13.0. The third-order valence-electron chi connectivity index (χ3n) is 7.21. The van der Waals surface area contributed by atoms with Crippen LogP contribution in [0, 0.1) is 5.82 Å². The summed E-state index contributed by atoms with van der Waals surface area (Å²) >= 11 is 0. The Labute approximate surface area is 235 Å². The number of hydrogen-bond acceptors (Lipinski definition) is 3. The number of carbonyl (C=O) groups excluding carboxylic acids is 1. The Hall–Kier alpha value is -4.06. The van der Waals surface area contributed by atoms with E-state index < -0.39 is 36.0 Å². The average Bonchev–Trinajstić information content (AvgIpc) is 3.34. The molecule has 4 aromatic rings. The molecule has 0 aromatic heterocycles. The van der Waals surface area contributed by atoms with Gasteiger partial charge in [-0.15, -0.1) is 0 Å². The number of esters is 1. The standard InChI is InChI=1S/C33H27F4O3P/c1-2-39-31(38)30-24-41(27-12-6-3-7-13-27,28-14-8-4-9-15-28,29-16-10-5-11-17-29)40-32(30,33(35,36)37)23-22-25-18-20-26(34)21-19-25/h3-24H,2H2,1H3/b23-22+. The van der Waals surface area contributed by atoms with Crippen LogP contribution in [0.15, 0.2) is 133 Å². The second kappa shape index (κ2) is 10.7. The minimum atomic E-state index is -5.10. The number of alkyl halides is 3. The quantitative estimate of drug-likeness (QED) is 0.134. The zero-order valence-corrected chi connectivity index (χ0v) is 23.0. The van der Waals surface area contributed by atoms with Crippen LogP contribution in [0.25, 0.3) is 6.08 Å². The van der Waals surface area contributed by atoms with E-state index in [0.717, 1.165) is 18.2 Å². The van der Waals surface area contributed by atoms with Crippen molar-refractivity contribution in [2.45, 2.75) is 18.7 Å². The summed E-state index contributed by atoms with van der Waals surface area (Å²) in [6.45, 7) is -3.29. The van der Waals surface area contributed by atoms with Crippen LogP contribution >= 0.6 is 6.83 Å². The molecule has 1 aliphatic rings. The molecule has 8 heteroatoms. The third kappa shape index (κ3) is 4.59. The topological polar surface area (TPSA) is 35.5 Å². The second-order valence-electron chi connectivity index (χ2n) is 9.58. The molecule has 3 nitrogen and oxygen atoms in total. The maximum atomic E-state index is 15.6. The van der Waals surface area contributed by atoms with E-state index in [9.17, 15) is 9.18 Å². The van der Waals surface area contributed by atoms with Crippen molar-refractivity contribution in [2.75, 3.05) is 6.61 Å². The zero-order chi connectivity index (χ0) is 29.2. The molecule has 0 aliphatic carbocycles. The predicted octanol–water partition coefficient (Wildman–Crippen LogP) is 7.06. The van der Waals surface area contributed by atoms with Crippen molar-refractivity contribution in [1.29, 1.82) is 0 Å². The van der Waals surface area contributed by atoms with Gasteiger partial charge in [0.15, 0.2) is 0 Å². The number of halogens is 4. The molecule has 210 valence electrons. The van der Waals surface area contributed by atoms with E-state index in [0.29, 0.717) is 21.5 Å². The van der Waals surface area contributed by atoms with E-state index in [1.807, 2.05) is 0 Å². The molecule has 1 unspecified atom stereocenters. The second-order valence-corrected chi connectivity index (χ2v) is 13.8. The molecule has 41 heavy (non-hydrogen) atoms. The van der Waals surface area contributed by atoms with Gasteiger partial charge < -0.3 is 0 Å². The van der Waals surface area contributed by atoms with Gasteiger partial charge in [0.1, 0.15) is 0 Å². The van der Waals surface area contributed by atoms with Gasteiger partial charge in [-0.1, -0.05) is 0 Å². The van der Waals surface area contributed by atoms with Crippen molar-refractivity contribution in [1.82, 2.24) is 0 Å². The molecule has 1 aliphatic heterocycles. The molecule has 5 rings (SSSR count). The van der Waals surface area contributed by atoms with Gasteiger partial charge >= 0.3 is 236 Å². The van der Waals surface area contributed by atoms with Gasteiger partial charge in [-0.3, -0.25) is 0 Å². The summed E-state index contributed by atoms with van der Waals surface area (Å²) in [4.78, 5) is 13.6. The number of benzene rings is 4. The fraction of sp³-hybridized carbons (Fsp3) is 0.121. The van der Waals surface area contributed by atoms with Crippen LogP contribution in [-0.4, -0.2) is 24.4 Å². The fourth-order valence-corrected chi connectivity index (χ4v) is 11.0. The van der Waals surface area contributed by atoms with Crippen LogP contribution < -0.4 is 15.9 Å². The Balaban J connectivity index is 1.94. The predicted molar refractivity (Wildman–Crippen MR) is 155 cm³/mol. The summed E-state index contributed by atoms with van der Waals surface area (Å²) in [5, 5.41) is 1.46. The first-order chi connectivity index (χ1) is 19.7. The SMILES string of the molecule is CCOC(=O)C1=CP(c2ccccc2)(c2ccccc2)(c2ccccc2)OC1(/C=C/c1ccc(F)cc1)C(F)(F)F. The van der Waals surface area contributed by atoms with Gasteiger partial charge in [0.2, 0.25) is 0 Å². The third-order valence-corrected chi connectivity index (χ3v) is 12.6. The molecule has 0 bridgehead atoms. The first kappa shape index (κ1) is 28.5. The van der Waals surface area contributed by atoms with Crippen molar-refractivity contribution in [3.05, 3.63) is 144 Å². The van der Waals surface area contributed by atoms with Gasteiger partial charge in [-0.05, 0) is 0 Å². The van der Waals surface area contributed by atoms with Crippen LogP contribution in [0.4, 0.5) is 17.6 Å². The van der Waals surface area contributed by atoms with Crippen molar-refractivity contribution >= 4 is 34.8 Å². The molecule has 0 radical (unpaired) electrons. The fourth-order valence-electron chi connectivity index (χ4n) is 5.34. The molecule has 0 saturated carbocycles. The Morgan fingerprint density at radius 1 is 0.805 bits per heavy atom. The van der Waals surface area contributed by atoms with Gasteiger partial charge in [0.25, 0.3) is 0 Å². The Bertz CT molecular complexity index is 1490. The first-order valence-corrected chi connectivity index (χ1v) is 15.2. The van der Waals surface area contributed by atoms with E-state index in [1.54, 1.807) is 91.0 Å². The monoisotopic (exact) mass is 578 g/mol. The van der Waals surface area contributed by atoms with Crippen LogP contribution in [0.3, 0.4) is 0 Å². The summed E-state index contributed by atoms with van der Waals surface area (Å²) in [6.07, 6.45) is -3.07. The average molecular weight is 579 g/mol. The zero-order valence-electron chi connectivity index (χ0n) is 22.1. The van der Waals surface area contributed by atoms with E-state index >= 15 is 13.2 Å². The summed E-state index contributed by atoms with van der Waals surface area (Å²) in [5.41, 5.74) is -3.57.